The molecule has 0 fully saturated rings. The van der Waals surface area contributed by atoms with E-state index < -0.39 is 5.91 Å². The summed E-state index contributed by atoms with van der Waals surface area (Å²) in [5.74, 6) is 0.426. The molecule has 1 aromatic carbocycles. The first kappa shape index (κ1) is 22.7. The van der Waals surface area contributed by atoms with Gasteiger partial charge in [0.1, 0.15) is 10.8 Å². The van der Waals surface area contributed by atoms with E-state index in [1.165, 1.54) is 0 Å². The summed E-state index contributed by atoms with van der Waals surface area (Å²) in [6, 6.07) is 8.49. The number of amides is 1. The molecule has 7 nitrogen and oxygen atoms in total. The van der Waals surface area contributed by atoms with Crippen molar-refractivity contribution in [2.45, 2.75) is 26.9 Å². The van der Waals surface area contributed by atoms with Gasteiger partial charge in [-0.3, -0.25) is 14.2 Å². The minimum Gasteiger partial charge on any atom is -0.454 e. The molecule has 3 aromatic heterocycles. The van der Waals surface area contributed by atoms with Crippen LogP contribution in [0.25, 0.3) is 0 Å². The molecule has 1 amide bonds. The number of aryl methyl sites for hydroxylation is 1. The smallest absolute Gasteiger partial charge is 0.292 e. The summed E-state index contributed by atoms with van der Waals surface area (Å²) in [6.07, 6.45) is 1.60. The van der Waals surface area contributed by atoms with Crippen molar-refractivity contribution in [2.24, 2.45) is 0 Å². The van der Waals surface area contributed by atoms with Gasteiger partial charge >= 0.3 is 0 Å². The standard InChI is InChI=1S/C21H17Cl4N5O2/c1-11-19(25)12(2)30(27-11)9-15-5-6-18(32-15)21(31)26-20-17(24)10-29(28-20)8-13-3-4-14(22)7-16(13)23/h3-7,10H,8-9H2,1-2H3,(H,26,28,31). The maximum Gasteiger partial charge on any atom is 0.292 e. The summed E-state index contributed by atoms with van der Waals surface area (Å²) >= 11 is 24.6. The number of hydrogen-bond acceptors (Lipinski definition) is 4. The van der Waals surface area contributed by atoms with E-state index in [1.54, 1.807) is 45.9 Å². The van der Waals surface area contributed by atoms with E-state index in [0.29, 0.717) is 33.9 Å². The molecule has 32 heavy (non-hydrogen) atoms. The molecule has 4 aromatic rings. The van der Waals surface area contributed by atoms with Gasteiger partial charge < -0.3 is 9.73 Å². The monoisotopic (exact) mass is 511 g/mol. The van der Waals surface area contributed by atoms with Crippen molar-refractivity contribution in [3.8, 4) is 0 Å². The van der Waals surface area contributed by atoms with Gasteiger partial charge in [-0.2, -0.15) is 10.2 Å². The Hall–Kier alpha value is -2.45. The first-order chi connectivity index (χ1) is 15.2. The van der Waals surface area contributed by atoms with Crippen LogP contribution in [-0.2, 0) is 13.1 Å². The second kappa shape index (κ2) is 9.19. The van der Waals surface area contributed by atoms with Crippen LogP contribution < -0.4 is 5.32 Å². The Morgan fingerprint density at radius 1 is 1.03 bits per heavy atom. The van der Waals surface area contributed by atoms with E-state index in [4.69, 9.17) is 50.8 Å². The minimum atomic E-state index is -0.473. The predicted octanol–water partition coefficient (Wildman–Crippen LogP) is 6.25. The summed E-state index contributed by atoms with van der Waals surface area (Å²) < 4.78 is 8.97. The highest BCUT2D eigenvalue weighted by molar-refractivity contribution is 6.35. The van der Waals surface area contributed by atoms with Gasteiger partial charge in [0.2, 0.25) is 0 Å². The number of aromatic nitrogens is 4. The molecule has 0 unspecified atom stereocenters. The largest absolute Gasteiger partial charge is 0.454 e. The molecule has 0 saturated heterocycles. The molecule has 0 bridgehead atoms. The van der Waals surface area contributed by atoms with Crippen LogP contribution in [0.5, 0.6) is 0 Å². The molecule has 4 rings (SSSR count). The van der Waals surface area contributed by atoms with Gasteiger partial charge in [-0.15, -0.1) is 0 Å². The summed E-state index contributed by atoms with van der Waals surface area (Å²) in [5.41, 5.74) is 2.37. The molecule has 0 atom stereocenters. The van der Waals surface area contributed by atoms with Crippen molar-refractivity contribution in [3.05, 3.63) is 85.1 Å². The van der Waals surface area contributed by atoms with E-state index in [2.05, 4.69) is 15.5 Å². The van der Waals surface area contributed by atoms with Crippen molar-refractivity contribution >= 4 is 58.1 Å². The van der Waals surface area contributed by atoms with E-state index in [9.17, 15) is 4.79 Å². The fourth-order valence-corrected chi connectivity index (χ4v) is 3.92. The van der Waals surface area contributed by atoms with Crippen LogP contribution in [0.15, 0.2) is 40.9 Å². The third kappa shape index (κ3) is 4.81. The van der Waals surface area contributed by atoms with Crippen LogP contribution in [0.2, 0.25) is 20.1 Å². The lowest BCUT2D eigenvalue weighted by atomic mass is 10.2. The number of carbonyl (C=O) groups is 1. The number of hydrogen-bond donors (Lipinski definition) is 1. The normalized spacial score (nSPS) is 11.2. The zero-order valence-corrected chi connectivity index (χ0v) is 20.0. The van der Waals surface area contributed by atoms with Crippen LogP contribution >= 0.6 is 46.4 Å². The third-order valence-corrected chi connectivity index (χ3v) is 6.19. The van der Waals surface area contributed by atoms with Gasteiger partial charge in [0.15, 0.2) is 11.6 Å². The number of nitrogens with zero attached hydrogens (tertiary/aromatic N) is 4. The number of carbonyl (C=O) groups excluding carboxylic acids is 1. The highest BCUT2D eigenvalue weighted by Crippen LogP contribution is 2.25. The second-order valence-corrected chi connectivity index (χ2v) is 8.75. The topological polar surface area (TPSA) is 77.9 Å². The Morgan fingerprint density at radius 2 is 1.81 bits per heavy atom. The zero-order valence-electron chi connectivity index (χ0n) is 17.0. The van der Waals surface area contributed by atoms with Gasteiger partial charge in [0.25, 0.3) is 5.91 Å². The Balaban J connectivity index is 1.44. The van der Waals surface area contributed by atoms with Crippen LogP contribution in [0.3, 0.4) is 0 Å². The molecule has 0 spiro atoms. The summed E-state index contributed by atoms with van der Waals surface area (Å²) in [7, 11) is 0. The lowest BCUT2D eigenvalue weighted by molar-refractivity contribution is 0.0994. The van der Waals surface area contributed by atoms with Crippen molar-refractivity contribution < 1.29 is 9.21 Å². The molecule has 0 aliphatic carbocycles. The van der Waals surface area contributed by atoms with Gasteiger partial charge in [-0.1, -0.05) is 52.5 Å². The molecule has 1 N–H and O–H groups in total. The molecule has 0 aliphatic rings. The molecule has 0 aliphatic heterocycles. The maximum atomic E-state index is 12.6. The van der Waals surface area contributed by atoms with E-state index >= 15 is 0 Å². The molecule has 3 heterocycles. The Labute approximate surface area is 203 Å². The number of nitrogens with one attached hydrogen (secondary N) is 1. The first-order valence-corrected chi connectivity index (χ1v) is 11.0. The zero-order chi connectivity index (χ0) is 23.0. The SMILES string of the molecule is Cc1nn(Cc2ccc(C(=O)Nc3nn(Cc4ccc(Cl)cc4Cl)cc3Cl)o2)c(C)c1Cl. The summed E-state index contributed by atoms with van der Waals surface area (Å²) in [5, 5.41) is 13.3. The van der Waals surface area contributed by atoms with Crippen LogP contribution in [0, 0.1) is 13.8 Å². The molecular weight excluding hydrogens is 496 g/mol. The van der Waals surface area contributed by atoms with Gasteiger partial charge in [-0.25, -0.2) is 0 Å². The number of halogens is 4. The lowest BCUT2D eigenvalue weighted by Crippen LogP contribution is -2.12. The molecule has 166 valence electrons. The average molecular weight is 513 g/mol. The second-order valence-electron chi connectivity index (χ2n) is 7.12. The highest BCUT2D eigenvalue weighted by Gasteiger charge is 2.17. The maximum absolute atomic E-state index is 12.6. The summed E-state index contributed by atoms with van der Waals surface area (Å²) in [4.78, 5) is 12.6. The van der Waals surface area contributed by atoms with Crippen molar-refractivity contribution in [1.82, 2.24) is 19.6 Å². The fraction of sp³-hybridized carbons (Fsp3) is 0.190. The predicted molar refractivity (Wildman–Crippen MR) is 125 cm³/mol. The number of furan rings is 1. The van der Waals surface area contributed by atoms with E-state index in [-0.39, 0.29) is 16.6 Å². The summed E-state index contributed by atoms with van der Waals surface area (Å²) in [6.45, 7) is 4.41. The Bertz CT molecular complexity index is 1310. The highest BCUT2D eigenvalue weighted by atomic mass is 35.5. The Morgan fingerprint density at radius 3 is 2.50 bits per heavy atom. The Kier molecular flexibility index (Phi) is 6.53. The number of anilines is 1. The molecule has 11 heteroatoms. The van der Waals surface area contributed by atoms with E-state index in [1.807, 2.05) is 13.8 Å². The molecule has 0 radical (unpaired) electrons. The quantitative estimate of drug-likeness (QED) is 0.331. The fourth-order valence-electron chi connectivity index (χ4n) is 3.12. The lowest BCUT2D eigenvalue weighted by Gasteiger charge is -2.05. The number of rotatable bonds is 6. The van der Waals surface area contributed by atoms with Gasteiger partial charge in [0, 0.05) is 16.2 Å². The number of benzene rings is 1. The molecular formula is C21H17Cl4N5O2. The minimum absolute atomic E-state index is 0.124. The van der Waals surface area contributed by atoms with Crippen molar-refractivity contribution in [1.29, 1.82) is 0 Å². The van der Waals surface area contributed by atoms with Crippen LogP contribution in [0.4, 0.5) is 5.82 Å². The van der Waals surface area contributed by atoms with Gasteiger partial charge in [-0.05, 0) is 43.7 Å². The van der Waals surface area contributed by atoms with Crippen molar-refractivity contribution in [3.63, 3.8) is 0 Å². The van der Waals surface area contributed by atoms with E-state index in [0.717, 1.165) is 17.0 Å². The molecule has 0 saturated carbocycles. The first-order valence-electron chi connectivity index (χ1n) is 9.47. The van der Waals surface area contributed by atoms with Crippen molar-refractivity contribution in [2.75, 3.05) is 5.32 Å². The van der Waals surface area contributed by atoms with Crippen LogP contribution in [0.1, 0.15) is 33.3 Å². The third-order valence-electron chi connectivity index (χ3n) is 4.78. The average Bonchev–Trinajstić information content (AvgIpc) is 3.40. The van der Waals surface area contributed by atoms with Gasteiger partial charge in [0.05, 0.1) is 29.5 Å². The van der Waals surface area contributed by atoms with Crippen LogP contribution in [-0.4, -0.2) is 25.5 Å².